The van der Waals surface area contributed by atoms with Crippen LogP contribution in [0.4, 0.5) is 6.01 Å². The summed E-state index contributed by atoms with van der Waals surface area (Å²) in [6.07, 6.45) is 0.505. The quantitative estimate of drug-likeness (QED) is 0.531. The molecule has 1 aliphatic rings. The van der Waals surface area contributed by atoms with E-state index >= 15 is 0 Å². The van der Waals surface area contributed by atoms with Crippen molar-refractivity contribution in [2.75, 3.05) is 18.5 Å². The Morgan fingerprint density at radius 3 is 2.87 bits per heavy atom. The van der Waals surface area contributed by atoms with Crippen molar-refractivity contribution in [1.29, 1.82) is 0 Å². The van der Waals surface area contributed by atoms with Crippen molar-refractivity contribution in [3.63, 3.8) is 0 Å². The van der Waals surface area contributed by atoms with Gasteiger partial charge in [0.2, 0.25) is 5.75 Å². The molecule has 2 aromatic carbocycles. The van der Waals surface area contributed by atoms with Crippen LogP contribution in [-0.2, 0) is 11.2 Å². The molecule has 0 bridgehead atoms. The molecule has 9 heteroatoms. The van der Waals surface area contributed by atoms with Gasteiger partial charge in [0.1, 0.15) is 5.52 Å². The van der Waals surface area contributed by atoms with Crippen molar-refractivity contribution >= 4 is 23.0 Å². The molecule has 4 aromatic rings. The van der Waals surface area contributed by atoms with Crippen LogP contribution in [0.3, 0.4) is 0 Å². The fourth-order valence-corrected chi connectivity index (χ4v) is 3.36. The Bertz CT molecular complexity index is 1340. The van der Waals surface area contributed by atoms with E-state index in [1.54, 1.807) is 24.3 Å². The molecule has 0 fully saturated rings. The summed E-state index contributed by atoms with van der Waals surface area (Å²) in [5.41, 5.74) is 2.94. The molecule has 2 aromatic heterocycles. The van der Waals surface area contributed by atoms with Gasteiger partial charge in [-0.05, 0) is 36.8 Å². The first kappa shape index (κ1) is 18.9. The van der Waals surface area contributed by atoms with Gasteiger partial charge in [0.15, 0.2) is 12.2 Å². The van der Waals surface area contributed by atoms with Gasteiger partial charge in [0, 0.05) is 6.42 Å². The molecular weight excluding hydrogens is 400 g/mol. The first-order valence-corrected chi connectivity index (χ1v) is 9.72. The maximum absolute atomic E-state index is 12.9. The van der Waals surface area contributed by atoms with Crippen molar-refractivity contribution < 1.29 is 18.7 Å². The Kier molecular flexibility index (Phi) is 4.62. The average Bonchev–Trinajstić information content (AvgIpc) is 3.39. The smallest absolute Gasteiger partial charge is 0.304 e. The molecule has 0 unspecified atom stereocenters. The van der Waals surface area contributed by atoms with Crippen LogP contribution < -0.4 is 20.3 Å². The SMILES string of the molecule is Cc1ccc2nc(NC(=O)COc3nc4c(c(=O)n3-c3ccccc3)OCC4)oc2c1. The molecule has 0 radical (unpaired) electrons. The number of aryl methyl sites for hydroxylation is 1. The van der Waals surface area contributed by atoms with E-state index in [2.05, 4.69) is 15.3 Å². The number of fused-ring (bicyclic) bond motifs is 2. The number of oxazole rings is 1. The van der Waals surface area contributed by atoms with E-state index < -0.39 is 5.91 Å². The van der Waals surface area contributed by atoms with Gasteiger partial charge >= 0.3 is 17.6 Å². The number of nitrogens with zero attached hydrogens (tertiary/aromatic N) is 3. The second kappa shape index (κ2) is 7.60. The Morgan fingerprint density at radius 1 is 1.19 bits per heavy atom. The lowest BCUT2D eigenvalue weighted by molar-refractivity contribution is -0.118. The second-order valence-corrected chi connectivity index (χ2v) is 7.07. The van der Waals surface area contributed by atoms with Crippen molar-refractivity contribution in [2.45, 2.75) is 13.3 Å². The number of aromatic nitrogens is 3. The summed E-state index contributed by atoms with van der Waals surface area (Å²) in [5.74, 6) is -0.281. The van der Waals surface area contributed by atoms with Crippen molar-refractivity contribution in [3.8, 4) is 17.4 Å². The minimum atomic E-state index is -0.492. The molecule has 0 atom stereocenters. The molecule has 1 aliphatic heterocycles. The van der Waals surface area contributed by atoms with E-state index in [9.17, 15) is 9.59 Å². The molecule has 5 rings (SSSR count). The summed E-state index contributed by atoms with van der Waals surface area (Å²) in [6.45, 7) is 1.94. The molecule has 31 heavy (non-hydrogen) atoms. The Hall–Kier alpha value is -4.14. The van der Waals surface area contributed by atoms with Gasteiger partial charge in [-0.2, -0.15) is 9.97 Å². The van der Waals surface area contributed by atoms with Gasteiger partial charge < -0.3 is 13.9 Å². The predicted octanol–water partition coefficient (Wildman–Crippen LogP) is 2.63. The van der Waals surface area contributed by atoms with Gasteiger partial charge in [-0.1, -0.05) is 24.3 Å². The molecule has 0 aliphatic carbocycles. The summed E-state index contributed by atoms with van der Waals surface area (Å²) in [6, 6.07) is 14.6. The highest BCUT2D eigenvalue weighted by atomic mass is 16.5. The number of nitrogens with one attached hydrogen (secondary N) is 1. The molecular formula is C22H18N4O5. The van der Waals surface area contributed by atoms with Crippen LogP contribution in [-0.4, -0.2) is 33.7 Å². The predicted molar refractivity (Wildman–Crippen MR) is 112 cm³/mol. The molecule has 0 spiro atoms. The van der Waals surface area contributed by atoms with Crippen LogP contribution >= 0.6 is 0 Å². The molecule has 0 saturated carbocycles. The van der Waals surface area contributed by atoms with Crippen molar-refractivity contribution in [2.24, 2.45) is 0 Å². The third-order valence-electron chi connectivity index (χ3n) is 4.80. The molecule has 9 nitrogen and oxygen atoms in total. The molecule has 1 N–H and O–H groups in total. The minimum absolute atomic E-state index is 0.0174. The molecule has 1 amide bonds. The van der Waals surface area contributed by atoms with Gasteiger partial charge in [0.25, 0.3) is 5.91 Å². The molecule has 156 valence electrons. The summed E-state index contributed by atoms with van der Waals surface area (Å²) < 4.78 is 17.9. The first-order chi connectivity index (χ1) is 15.1. The number of ether oxygens (including phenoxy) is 2. The lowest BCUT2D eigenvalue weighted by atomic mass is 10.2. The van der Waals surface area contributed by atoms with Crippen LogP contribution in [0.15, 0.2) is 57.7 Å². The fraction of sp³-hybridized carbons (Fsp3) is 0.182. The first-order valence-electron chi connectivity index (χ1n) is 9.72. The Labute approximate surface area is 176 Å². The third kappa shape index (κ3) is 3.61. The Morgan fingerprint density at radius 2 is 2.03 bits per heavy atom. The van der Waals surface area contributed by atoms with Crippen LogP contribution in [0.5, 0.6) is 11.8 Å². The largest absolute Gasteiger partial charge is 0.486 e. The van der Waals surface area contributed by atoms with Gasteiger partial charge in [-0.3, -0.25) is 14.9 Å². The fourth-order valence-electron chi connectivity index (χ4n) is 3.36. The molecule has 0 saturated heterocycles. The number of amides is 1. The average molecular weight is 418 g/mol. The van der Waals surface area contributed by atoms with Crippen molar-refractivity contribution in [3.05, 3.63) is 70.1 Å². The second-order valence-electron chi connectivity index (χ2n) is 7.07. The summed E-state index contributed by atoms with van der Waals surface area (Å²) in [5, 5.41) is 2.57. The zero-order valence-electron chi connectivity index (χ0n) is 16.6. The van der Waals surface area contributed by atoms with Crippen molar-refractivity contribution in [1.82, 2.24) is 14.5 Å². The van der Waals surface area contributed by atoms with Crippen LogP contribution in [0, 0.1) is 6.92 Å². The number of rotatable bonds is 5. The summed E-state index contributed by atoms with van der Waals surface area (Å²) in [4.78, 5) is 34.0. The lowest BCUT2D eigenvalue weighted by Crippen LogP contribution is -2.26. The number of hydrogen-bond acceptors (Lipinski definition) is 7. The van der Waals surface area contributed by atoms with E-state index in [1.165, 1.54) is 4.57 Å². The minimum Gasteiger partial charge on any atom is -0.486 e. The maximum atomic E-state index is 12.9. The zero-order chi connectivity index (χ0) is 21.4. The normalized spacial score (nSPS) is 12.4. The van der Waals surface area contributed by atoms with E-state index in [1.807, 2.05) is 31.2 Å². The van der Waals surface area contributed by atoms with E-state index in [0.717, 1.165) is 5.56 Å². The highest BCUT2D eigenvalue weighted by Gasteiger charge is 2.24. The van der Waals surface area contributed by atoms with Crippen LogP contribution in [0.1, 0.15) is 11.3 Å². The van der Waals surface area contributed by atoms with Gasteiger partial charge in [-0.15, -0.1) is 0 Å². The van der Waals surface area contributed by atoms with E-state index in [0.29, 0.717) is 35.5 Å². The van der Waals surface area contributed by atoms with Crippen LogP contribution in [0.25, 0.3) is 16.8 Å². The number of carbonyl (C=O) groups is 1. The Balaban J connectivity index is 1.38. The number of benzene rings is 2. The number of hydrogen-bond donors (Lipinski definition) is 1. The topological polar surface area (TPSA) is 108 Å². The standard InChI is InChI=1S/C22H18N4O5/c1-13-7-8-15-17(11-13)31-21(23-15)25-18(27)12-30-22-24-16-9-10-29-19(16)20(28)26(22)14-5-3-2-4-6-14/h2-8,11H,9-10,12H2,1H3,(H,23,25,27). The highest BCUT2D eigenvalue weighted by molar-refractivity contribution is 5.91. The summed E-state index contributed by atoms with van der Waals surface area (Å²) in [7, 11) is 0. The number of anilines is 1. The van der Waals surface area contributed by atoms with Gasteiger partial charge in [0.05, 0.1) is 18.0 Å². The third-order valence-corrected chi connectivity index (χ3v) is 4.80. The molecule has 3 heterocycles. The zero-order valence-corrected chi connectivity index (χ0v) is 16.6. The van der Waals surface area contributed by atoms with E-state index in [4.69, 9.17) is 13.9 Å². The highest BCUT2D eigenvalue weighted by Crippen LogP contribution is 2.24. The number of carbonyl (C=O) groups excluding carboxylic acids is 1. The van der Waals surface area contributed by atoms with E-state index in [-0.39, 0.29) is 29.9 Å². The maximum Gasteiger partial charge on any atom is 0.304 e. The van der Waals surface area contributed by atoms with Crippen LogP contribution in [0.2, 0.25) is 0 Å². The monoisotopic (exact) mass is 418 g/mol. The number of para-hydroxylation sites is 1. The summed E-state index contributed by atoms with van der Waals surface area (Å²) >= 11 is 0. The lowest BCUT2D eigenvalue weighted by Gasteiger charge is -2.13. The van der Waals surface area contributed by atoms with Gasteiger partial charge in [-0.25, -0.2) is 4.57 Å².